The van der Waals surface area contributed by atoms with Gasteiger partial charge in [-0.3, -0.25) is 0 Å². The third kappa shape index (κ3) is 1.35. The summed E-state index contributed by atoms with van der Waals surface area (Å²) >= 11 is 2.85. The van der Waals surface area contributed by atoms with Crippen LogP contribution in [0.25, 0.3) is 0 Å². The van der Waals surface area contributed by atoms with Crippen LogP contribution in [0, 0.1) is 18.6 Å². The average molecular weight is 223 g/mol. The molecule has 1 nitrogen and oxygen atoms in total. The minimum atomic E-state index is -0.958. The predicted molar refractivity (Wildman–Crippen MR) is 40.5 cm³/mol. The van der Waals surface area contributed by atoms with E-state index in [0.29, 0.717) is 6.07 Å². The van der Waals surface area contributed by atoms with E-state index in [0.717, 1.165) is 0 Å². The monoisotopic (exact) mass is 222 g/mol. The van der Waals surface area contributed by atoms with E-state index < -0.39 is 17.4 Å². The Hall–Kier alpha value is -0.640. The van der Waals surface area contributed by atoms with Gasteiger partial charge < -0.3 is 5.11 Å². The van der Waals surface area contributed by atoms with Crippen LogP contribution < -0.4 is 0 Å². The van der Waals surface area contributed by atoms with Gasteiger partial charge in [0, 0.05) is 11.6 Å². The van der Waals surface area contributed by atoms with Crippen molar-refractivity contribution in [2.24, 2.45) is 0 Å². The summed E-state index contributed by atoms with van der Waals surface area (Å²) in [5.74, 6) is -2.18. The van der Waals surface area contributed by atoms with Crippen molar-refractivity contribution in [2.45, 2.75) is 6.92 Å². The Morgan fingerprint density at radius 1 is 1.36 bits per heavy atom. The molecule has 1 aromatic carbocycles. The van der Waals surface area contributed by atoms with Crippen LogP contribution >= 0.6 is 15.9 Å². The molecule has 1 N–H and O–H groups in total. The summed E-state index contributed by atoms with van der Waals surface area (Å²) in [6, 6.07) is 0.648. The summed E-state index contributed by atoms with van der Waals surface area (Å²) in [7, 11) is 0. The Balaban J connectivity index is 3.46. The van der Waals surface area contributed by atoms with Gasteiger partial charge in [-0.2, -0.15) is 0 Å². The lowest BCUT2D eigenvalue weighted by molar-refractivity contribution is 0.423. The number of halogens is 3. The van der Waals surface area contributed by atoms with Crippen molar-refractivity contribution >= 4 is 15.9 Å². The molecule has 1 aromatic rings. The Morgan fingerprint density at radius 2 is 1.91 bits per heavy atom. The third-order valence-corrected chi connectivity index (χ3v) is 2.35. The fourth-order valence-corrected chi connectivity index (χ4v) is 1.05. The van der Waals surface area contributed by atoms with Crippen molar-refractivity contribution in [1.29, 1.82) is 0 Å². The summed E-state index contributed by atoms with van der Waals surface area (Å²) in [4.78, 5) is 0. The maximum Gasteiger partial charge on any atom is 0.168 e. The fraction of sp³-hybridized carbons (Fsp3) is 0.143. The zero-order valence-corrected chi connectivity index (χ0v) is 7.24. The topological polar surface area (TPSA) is 20.2 Å². The third-order valence-electron chi connectivity index (χ3n) is 1.38. The van der Waals surface area contributed by atoms with Crippen molar-refractivity contribution in [2.75, 3.05) is 0 Å². The zero-order chi connectivity index (χ0) is 8.59. The van der Waals surface area contributed by atoms with Crippen LogP contribution in [-0.2, 0) is 0 Å². The van der Waals surface area contributed by atoms with E-state index in [2.05, 4.69) is 15.9 Å². The van der Waals surface area contributed by atoms with Crippen molar-refractivity contribution in [1.82, 2.24) is 0 Å². The van der Waals surface area contributed by atoms with Gasteiger partial charge in [0.15, 0.2) is 11.6 Å². The molecule has 0 aromatic heterocycles. The quantitative estimate of drug-likeness (QED) is 0.716. The average Bonchev–Trinajstić information content (AvgIpc) is 1.97. The molecule has 0 aliphatic carbocycles. The second-order valence-electron chi connectivity index (χ2n) is 2.13. The largest absolute Gasteiger partial charge is 0.504 e. The van der Waals surface area contributed by atoms with Crippen LogP contribution in [0.1, 0.15) is 5.56 Å². The van der Waals surface area contributed by atoms with E-state index in [1.165, 1.54) is 6.92 Å². The molecule has 0 saturated carbocycles. The van der Waals surface area contributed by atoms with Crippen LogP contribution in [0.4, 0.5) is 8.78 Å². The van der Waals surface area contributed by atoms with Gasteiger partial charge in [0.1, 0.15) is 5.82 Å². The Morgan fingerprint density at radius 3 is 2.45 bits per heavy atom. The highest BCUT2D eigenvalue weighted by Crippen LogP contribution is 2.31. The first-order valence-electron chi connectivity index (χ1n) is 2.87. The molecule has 0 atom stereocenters. The molecule has 0 radical (unpaired) electrons. The zero-order valence-electron chi connectivity index (χ0n) is 5.66. The second-order valence-corrected chi connectivity index (χ2v) is 2.92. The molecule has 0 saturated heterocycles. The molecule has 4 heteroatoms. The van der Waals surface area contributed by atoms with E-state index in [-0.39, 0.29) is 10.0 Å². The maximum absolute atomic E-state index is 12.6. The van der Waals surface area contributed by atoms with E-state index >= 15 is 0 Å². The van der Waals surface area contributed by atoms with Gasteiger partial charge in [0.05, 0.1) is 4.47 Å². The highest BCUT2D eigenvalue weighted by Gasteiger charge is 2.11. The predicted octanol–water partition coefficient (Wildman–Crippen LogP) is 2.74. The van der Waals surface area contributed by atoms with Crippen molar-refractivity contribution < 1.29 is 13.9 Å². The first kappa shape index (κ1) is 8.46. The van der Waals surface area contributed by atoms with E-state index in [1.807, 2.05) is 0 Å². The molecular formula is C7H5BrF2O. The second kappa shape index (κ2) is 2.77. The SMILES string of the molecule is Cc1c(F)cc(F)c(O)c1Br. The summed E-state index contributed by atoms with van der Waals surface area (Å²) in [6.07, 6.45) is 0. The molecule has 0 fully saturated rings. The normalized spacial score (nSPS) is 10.2. The van der Waals surface area contributed by atoms with Gasteiger partial charge in [-0.25, -0.2) is 8.78 Å². The lowest BCUT2D eigenvalue weighted by Crippen LogP contribution is -1.88. The lowest BCUT2D eigenvalue weighted by Gasteiger charge is -2.02. The maximum atomic E-state index is 12.6. The van der Waals surface area contributed by atoms with Crippen LogP contribution in [0.15, 0.2) is 10.5 Å². The minimum absolute atomic E-state index is 0.0648. The Bertz CT molecular complexity index is 273. The molecular weight excluding hydrogens is 218 g/mol. The Labute approximate surface area is 70.8 Å². The molecule has 1 rings (SSSR count). The highest BCUT2D eigenvalue weighted by molar-refractivity contribution is 9.10. The van der Waals surface area contributed by atoms with Gasteiger partial charge in [0.2, 0.25) is 0 Å². The number of phenols is 1. The van der Waals surface area contributed by atoms with E-state index in [1.54, 1.807) is 0 Å². The summed E-state index contributed by atoms with van der Waals surface area (Å²) in [6.45, 7) is 1.44. The first-order valence-corrected chi connectivity index (χ1v) is 3.66. The van der Waals surface area contributed by atoms with Crippen LogP contribution in [0.3, 0.4) is 0 Å². The standard InChI is InChI=1S/C7H5BrF2O/c1-3-4(9)2-5(10)7(11)6(3)8/h2,11H,1H3. The molecule has 0 unspecified atom stereocenters. The van der Waals surface area contributed by atoms with Crippen molar-refractivity contribution in [3.8, 4) is 5.75 Å². The van der Waals surface area contributed by atoms with Crippen molar-refractivity contribution in [3.63, 3.8) is 0 Å². The number of phenolic OH excluding ortho intramolecular Hbond substituents is 1. The summed E-state index contributed by atoms with van der Waals surface area (Å²) in [5.41, 5.74) is 0.198. The molecule has 11 heavy (non-hydrogen) atoms. The van der Waals surface area contributed by atoms with Gasteiger partial charge in [-0.05, 0) is 22.9 Å². The first-order chi connectivity index (χ1) is 5.04. The smallest absolute Gasteiger partial charge is 0.168 e. The van der Waals surface area contributed by atoms with Gasteiger partial charge >= 0.3 is 0 Å². The number of hydrogen-bond acceptors (Lipinski definition) is 1. The van der Waals surface area contributed by atoms with E-state index in [4.69, 9.17) is 5.11 Å². The van der Waals surface area contributed by atoms with Gasteiger partial charge in [-0.15, -0.1) is 0 Å². The number of aromatic hydroxyl groups is 1. The molecule has 0 aliphatic heterocycles. The minimum Gasteiger partial charge on any atom is -0.504 e. The highest BCUT2D eigenvalue weighted by atomic mass is 79.9. The van der Waals surface area contributed by atoms with E-state index in [9.17, 15) is 8.78 Å². The summed E-state index contributed by atoms with van der Waals surface area (Å²) in [5, 5.41) is 8.92. The van der Waals surface area contributed by atoms with Crippen LogP contribution in [0.2, 0.25) is 0 Å². The molecule has 0 bridgehead atoms. The number of benzene rings is 1. The number of hydrogen-bond donors (Lipinski definition) is 1. The lowest BCUT2D eigenvalue weighted by atomic mass is 10.2. The van der Waals surface area contributed by atoms with Gasteiger partial charge in [-0.1, -0.05) is 0 Å². The summed E-state index contributed by atoms with van der Waals surface area (Å²) < 4.78 is 25.2. The van der Waals surface area contributed by atoms with Gasteiger partial charge in [0.25, 0.3) is 0 Å². The molecule has 0 aliphatic rings. The van der Waals surface area contributed by atoms with Crippen LogP contribution in [0.5, 0.6) is 5.75 Å². The Kier molecular flexibility index (Phi) is 2.13. The molecule has 0 amide bonds. The molecule has 60 valence electrons. The fourth-order valence-electron chi connectivity index (χ4n) is 0.675. The molecule has 0 heterocycles. The number of rotatable bonds is 0. The van der Waals surface area contributed by atoms with Crippen LogP contribution in [-0.4, -0.2) is 5.11 Å². The van der Waals surface area contributed by atoms with Crippen molar-refractivity contribution in [3.05, 3.63) is 27.7 Å². The molecule has 0 spiro atoms.